The lowest BCUT2D eigenvalue weighted by Crippen LogP contribution is -2.63. The molecule has 0 aromatic heterocycles. The van der Waals surface area contributed by atoms with Crippen LogP contribution in [-0.4, -0.2) is 54.2 Å². The molecule has 6 atom stereocenters. The maximum absolute atomic E-state index is 13.2. The van der Waals surface area contributed by atoms with E-state index in [-0.39, 0.29) is 6.61 Å². The number of ether oxygens (including phenoxy) is 5. The largest absolute Gasteiger partial charge is 0.452 e. The highest BCUT2D eigenvalue weighted by atomic mass is 32.2. The van der Waals surface area contributed by atoms with Crippen LogP contribution < -0.4 is 0 Å². The first-order valence-corrected chi connectivity index (χ1v) is 13.3. The number of hydrogen-bond acceptors (Lipinski definition) is 8. The fraction of sp³-hybridized carbons (Fsp3) is 0.310. The Morgan fingerprint density at radius 2 is 1.32 bits per heavy atom. The lowest BCUT2D eigenvalue weighted by atomic mass is 9.98. The third-order valence-electron chi connectivity index (χ3n) is 6.19. The van der Waals surface area contributed by atoms with Crippen molar-refractivity contribution in [2.24, 2.45) is 0 Å². The van der Waals surface area contributed by atoms with Crippen LogP contribution in [0.2, 0.25) is 0 Å². The highest BCUT2D eigenvalue weighted by molar-refractivity contribution is 7.99. The summed E-state index contributed by atoms with van der Waals surface area (Å²) in [6.45, 7) is 2.23. The Hall–Kier alpha value is -3.17. The highest BCUT2D eigenvalue weighted by Gasteiger charge is 2.53. The molecule has 2 heterocycles. The van der Waals surface area contributed by atoms with E-state index in [9.17, 15) is 9.59 Å². The SMILES string of the molecule is CCS[C@@H]1OC2COC(c3ccccc3)O[C@@H]2C(OC(=O)c2ccccc2)C1OC(=O)c1ccccc1. The van der Waals surface area contributed by atoms with Gasteiger partial charge in [0.2, 0.25) is 0 Å². The van der Waals surface area contributed by atoms with Crippen LogP contribution >= 0.6 is 11.8 Å². The van der Waals surface area contributed by atoms with Crippen LogP contribution in [0.15, 0.2) is 91.0 Å². The van der Waals surface area contributed by atoms with E-state index in [1.54, 1.807) is 48.5 Å². The number of carbonyl (C=O) groups excluding carboxylic acids is 2. The summed E-state index contributed by atoms with van der Waals surface area (Å²) in [7, 11) is 0. The van der Waals surface area contributed by atoms with Crippen molar-refractivity contribution in [2.75, 3.05) is 12.4 Å². The van der Waals surface area contributed by atoms with E-state index in [0.717, 1.165) is 5.56 Å². The Bertz CT molecular complexity index is 1170. The third-order valence-corrected chi connectivity index (χ3v) is 7.23. The number of carbonyl (C=O) groups is 2. The molecule has 2 fully saturated rings. The topological polar surface area (TPSA) is 80.3 Å². The van der Waals surface area contributed by atoms with E-state index in [2.05, 4.69) is 0 Å². The lowest BCUT2D eigenvalue weighted by molar-refractivity contribution is -0.317. The van der Waals surface area contributed by atoms with Crippen LogP contribution in [0.5, 0.6) is 0 Å². The molecule has 2 saturated heterocycles. The summed E-state index contributed by atoms with van der Waals surface area (Å²) in [5.41, 5.74) is 1.04. The lowest BCUT2D eigenvalue weighted by Gasteiger charge is -2.48. The molecular weight excluding hydrogens is 492 g/mol. The van der Waals surface area contributed by atoms with Gasteiger partial charge >= 0.3 is 11.9 Å². The maximum atomic E-state index is 13.2. The van der Waals surface area contributed by atoms with E-state index in [4.69, 9.17) is 23.7 Å². The van der Waals surface area contributed by atoms with Crippen molar-refractivity contribution in [3.8, 4) is 0 Å². The molecule has 0 radical (unpaired) electrons. The average Bonchev–Trinajstić information content (AvgIpc) is 2.96. The zero-order valence-electron chi connectivity index (χ0n) is 20.3. The molecule has 3 aromatic carbocycles. The summed E-state index contributed by atoms with van der Waals surface area (Å²) in [5.74, 6) is -0.352. The van der Waals surface area contributed by atoms with Crippen LogP contribution in [0.3, 0.4) is 0 Å². The summed E-state index contributed by atoms with van der Waals surface area (Å²) in [6.07, 6.45) is -3.72. The molecule has 0 saturated carbocycles. The first-order valence-electron chi connectivity index (χ1n) is 12.2. The Morgan fingerprint density at radius 3 is 1.89 bits per heavy atom. The number of benzene rings is 3. The quantitative estimate of drug-likeness (QED) is 0.402. The van der Waals surface area contributed by atoms with Gasteiger partial charge < -0.3 is 23.7 Å². The highest BCUT2D eigenvalue weighted by Crippen LogP contribution is 2.39. The molecule has 5 rings (SSSR count). The van der Waals surface area contributed by atoms with E-state index < -0.39 is 48.1 Å². The molecule has 4 unspecified atom stereocenters. The van der Waals surface area contributed by atoms with Crippen molar-refractivity contribution in [3.05, 3.63) is 108 Å². The molecule has 0 amide bonds. The van der Waals surface area contributed by atoms with Crippen molar-refractivity contribution >= 4 is 23.7 Å². The van der Waals surface area contributed by atoms with Crippen molar-refractivity contribution in [1.29, 1.82) is 0 Å². The van der Waals surface area contributed by atoms with E-state index in [1.165, 1.54) is 11.8 Å². The van der Waals surface area contributed by atoms with Crippen LogP contribution in [0, 0.1) is 0 Å². The van der Waals surface area contributed by atoms with Gasteiger partial charge in [-0.25, -0.2) is 9.59 Å². The molecule has 192 valence electrons. The summed E-state index contributed by atoms with van der Waals surface area (Å²) in [4.78, 5) is 26.3. The van der Waals surface area contributed by atoms with Crippen LogP contribution in [0.1, 0.15) is 39.5 Å². The predicted molar refractivity (Wildman–Crippen MR) is 138 cm³/mol. The second kappa shape index (κ2) is 11.9. The van der Waals surface area contributed by atoms with Crippen LogP contribution in [-0.2, 0) is 23.7 Å². The first kappa shape index (κ1) is 25.5. The van der Waals surface area contributed by atoms with Gasteiger partial charge in [0.25, 0.3) is 0 Å². The molecular formula is C29H28O7S. The number of hydrogen-bond donors (Lipinski definition) is 0. The molecule has 3 aromatic rings. The minimum absolute atomic E-state index is 0.240. The predicted octanol–water partition coefficient (Wildman–Crippen LogP) is 5.03. The molecule has 0 spiro atoms. The van der Waals surface area contributed by atoms with Crippen LogP contribution in [0.25, 0.3) is 0 Å². The standard InChI is InChI=1S/C29H28O7S/c1-2-37-29-25(35-27(31)20-14-8-4-9-15-20)24(34-26(30)19-12-6-3-7-13-19)23-22(33-29)18-32-28(36-23)21-16-10-5-11-17-21/h3-17,22-25,28-29H,2,18H2,1H3/t22?,23-,24?,25?,28?,29-/m0/s1. The summed E-state index contributed by atoms with van der Waals surface area (Å²) < 4.78 is 30.7. The van der Waals surface area contributed by atoms with Gasteiger partial charge in [-0.05, 0) is 30.0 Å². The van der Waals surface area contributed by atoms with Gasteiger partial charge in [-0.1, -0.05) is 73.7 Å². The molecule has 37 heavy (non-hydrogen) atoms. The number of esters is 2. The molecule has 2 aliphatic heterocycles. The fourth-order valence-electron chi connectivity index (χ4n) is 4.42. The van der Waals surface area contributed by atoms with Gasteiger partial charge in [0.1, 0.15) is 17.6 Å². The normalized spacial score (nSPS) is 27.1. The second-order valence-electron chi connectivity index (χ2n) is 8.65. The summed E-state index contributed by atoms with van der Waals surface area (Å²) in [6, 6.07) is 27.0. The molecule has 0 aliphatic carbocycles. The average molecular weight is 521 g/mol. The van der Waals surface area contributed by atoms with Gasteiger partial charge in [-0.3, -0.25) is 0 Å². The Kier molecular flexibility index (Phi) is 8.21. The minimum Gasteiger partial charge on any atom is -0.452 e. The van der Waals surface area contributed by atoms with Crippen molar-refractivity contribution < 1.29 is 33.3 Å². The van der Waals surface area contributed by atoms with Crippen LogP contribution in [0.4, 0.5) is 0 Å². The summed E-state index contributed by atoms with van der Waals surface area (Å²) in [5, 5.41) is 0. The van der Waals surface area contributed by atoms with Gasteiger partial charge in [-0.2, -0.15) is 0 Å². The number of rotatable bonds is 7. The Morgan fingerprint density at radius 1 is 0.784 bits per heavy atom. The maximum Gasteiger partial charge on any atom is 0.338 e. The molecule has 8 heteroatoms. The summed E-state index contributed by atoms with van der Waals surface area (Å²) >= 11 is 1.48. The minimum atomic E-state index is -0.918. The Balaban J connectivity index is 1.47. The van der Waals surface area contributed by atoms with Crippen molar-refractivity contribution in [2.45, 2.75) is 43.1 Å². The molecule has 0 N–H and O–H groups in total. The first-order chi connectivity index (χ1) is 18.1. The van der Waals surface area contributed by atoms with Gasteiger partial charge in [0.05, 0.1) is 17.7 Å². The number of thioether (sulfide) groups is 1. The van der Waals surface area contributed by atoms with E-state index in [0.29, 0.717) is 16.9 Å². The number of fused-ring (bicyclic) bond motifs is 1. The molecule has 2 aliphatic rings. The third kappa shape index (κ3) is 5.88. The van der Waals surface area contributed by atoms with Crippen molar-refractivity contribution in [3.63, 3.8) is 0 Å². The monoisotopic (exact) mass is 520 g/mol. The molecule has 7 nitrogen and oxygen atoms in total. The second-order valence-corrected chi connectivity index (χ2v) is 10.0. The zero-order valence-corrected chi connectivity index (χ0v) is 21.1. The van der Waals surface area contributed by atoms with Gasteiger partial charge in [-0.15, -0.1) is 11.8 Å². The fourth-order valence-corrected chi connectivity index (χ4v) is 5.37. The van der Waals surface area contributed by atoms with Gasteiger partial charge in [0, 0.05) is 5.56 Å². The molecule has 0 bridgehead atoms. The zero-order chi connectivity index (χ0) is 25.6. The van der Waals surface area contributed by atoms with Gasteiger partial charge in [0.15, 0.2) is 18.5 Å². The van der Waals surface area contributed by atoms with E-state index >= 15 is 0 Å². The van der Waals surface area contributed by atoms with E-state index in [1.807, 2.05) is 49.4 Å². The smallest absolute Gasteiger partial charge is 0.338 e. The van der Waals surface area contributed by atoms with Crippen molar-refractivity contribution in [1.82, 2.24) is 0 Å². The Labute approximate surface area is 220 Å².